The van der Waals surface area contributed by atoms with Crippen molar-refractivity contribution in [1.82, 2.24) is 5.06 Å². The topological polar surface area (TPSA) is 299 Å². The van der Waals surface area contributed by atoms with E-state index in [1.807, 2.05) is 36.1 Å². The molecule has 3 heterocycles. The lowest BCUT2D eigenvalue weighted by Crippen LogP contribution is -2.32. The summed E-state index contributed by atoms with van der Waals surface area (Å²) in [5.74, 6) is -1.91. The third kappa shape index (κ3) is 28.2. The molecule has 0 radical (unpaired) electrons. The molecule has 514 valence electrons. The van der Waals surface area contributed by atoms with Gasteiger partial charge in [-0.2, -0.15) is 16.8 Å². The van der Waals surface area contributed by atoms with Gasteiger partial charge < -0.3 is 74.5 Å². The SMILES string of the molecule is COCCOCCOCCOCCOCCOCCN(CCOCCOCCOCCOCCOCCOC)c1ccc2c(c1)OI=C(/C=C/C=C1/N(CCCS(=O)(=O)O)c3ccc(S(=O)(=O)O)cc3C1(C)CCCC(=O)ON1C(=O)CCC1=O)C=C2C(C)(C)C. The summed E-state index contributed by atoms with van der Waals surface area (Å²) in [7, 11) is -5.79. The van der Waals surface area contributed by atoms with Crippen molar-refractivity contribution in [2.45, 2.75) is 76.5 Å². The number of amides is 2. The van der Waals surface area contributed by atoms with Crippen molar-refractivity contribution in [3.8, 4) is 5.75 Å². The first-order chi connectivity index (χ1) is 43.7. The summed E-state index contributed by atoms with van der Waals surface area (Å²) in [6.45, 7) is 19.3. The minimum Gasteiger partial charge on any atom is -0.435 e. The monoisotopic (exact) mass is 1440 g/mol. The van der Waals surface area contributed by atoms with E-state index in [0.717, 1.165) is 20.3 Å². The highest BCUT2D eigenvalue weighted by molar-refractivity contribution is 14.2. The molecule has 1 fully saturated rings. The Morgan fingerprint density at radius 2 is 1.15 bits per heavy atom. The van der Waals surface area contributed by atoms with Crippen molar-refractivity contribution in [2.24, 2.45) is 5.41 Å². The molecule has 3 aliphatic rings. The molecule has 0 spiro atoms. The third-order valence-electron chi connectivity index (χ3n) is 14.3. The molecular formula is C62H94IN3O23S2. The van der Waals surface area contributed by atoms with Gasteiger partial charge in [0.25, 0.3) is 32.1 Å². The number of nitrogens with zero attached hydrogens (tertiary/aromatic N) is 3. The molecule has 1 atom stereocenters. The quantitative estimate of drug-likeness (QED) is 0.0315. The van der Waals surface area contributed by atoms with Crippen molar-refractivity contribution in [3.63, 3.8) is 0 Å². The number of hydroxylamine groups is 2. The Kier molecular flexibility index (Phi) is 35.2. The minimum absolute atomic E-state index is 0.0134. The van der Waals surface area contributed by atoms with Gasteiger partial charge in [0.05, 0.1) is 156 Å². The number of methoxy groups -OCH3 is 2. The average molecular weight is 1440 g/mol. The van der Waals surface area contributed by atoms with Crippen LogP contribution >= 0.6 is 21.1 Å². The summed E-state index contributed by atoms with van der Waals surface area (Å²) in [5, 5.41) is 0.477. The van der Waals surface area contributed by atoms with Crippen molar-refractivity contribution in [3.05, 3.63) is 77.5 Å². The zero-order valence-corrected chi connectivity index (χ0v) is 57.2. The highest BCUT2D eigenvalue weighted by atomic mass is 127. The number of imide groups is 1. The van der Waals surface area contributed by atoms with Crippen LogP contribution in [0.3, 0.4) is 0 Å². The van der Waals surface area contributed by atoms with Gasteiger partial charge in [0.2, 0.25) is 0 Å². The Morgan fingerprint density at radius 1 is 0.670 bits per heavy atom. The van der Waals surface area contributed by atoms with E-state index in [1.54, 1.807) is 14.2 Å². The molecule has 91 heavy (non-hydrogen) atoms. The highest BCUT2D eigenvalue weighted by Crippen LogP contribution is 2.52. The van der Waals surface area contributed by atoms with Crippen molar-refractivity contribution >= 4 is 79.6 Å². The smallest absolute Gasteiger partial charge is 0.333 e. The number of carbonyl (C=O) groups excluding carboxylic acids is 3. The Bertz CT molecular complexity index is 2870. The summed E-state index contributed by atoms with van der Waals surface area (Å²) >= 11 is -1.14. The summed E-state index contributed by atoms with van der Waals surface area (Å²) < 4.78 is 143. The number of hydrogen-bond acceptors (Lipinski definition) is 23. The summed E-state index contributed by atoms with van der Waals surface area (Å²) in [5.41, 5.74) is 3.03. The molecular weight excluding hydrogens is 1350 g/mol. The standard InChI is InChI=1S/C62H94IN3O23S2/c1-61(2,3)53-46-49(10-7-11-57-62(4,19-8-12-60(69)89-66-58(67)17-18-59(66)68)54-48-51(91(73,74)75)14-16-55(54)65(57)20-9-45-90(70,71)72)63-88-56-47-50(13-15-52(53)56)64(21-23-78-29-31-82-37-39-86-43-41-84-35-33-80-27-25-76-5)22-24-79-30-32-83-38-40-87-44-42-85-36-34-81-28-26-77-6/h7,10-11,13-16,46-48H,8-9,12,17-45H2,1-6H3,(H,70,71,72)(H,73,74,75)/b10-7+,57-11+. The molecule has 1 saturated heterocycles. The van der Waals surface area contributed by atoms with E-state index in [0.29, 0.717) is 186 Å². The summed E-state index contributed by atoms with van der Waals surface area (Å²) in [6, 6.07) is 10.3. The maximum Gasteiger partial charge on any atom is 0.333 e. The maximum absolute atomic E-state index is 13.0. The van der Waals surface area contributed by atoms with E-state index in [9.17, 15) is 40.3 Å². The van der Waals surface area contributed by atoms with Gasteiger partial charge in [0.15, 0.2) is 0 Å². The van der Waals surface area contributed by atoms with E-state index in [-0.39, 0.29) is 55.4 Å². The number of anilines is 2. The van der Waals surface area contributed by atoms with E-state index in [4.69, 9.17) is 64.7 Å². The fourth-order valence-electron chi connectivity index (χ4n) is 9.70. The van der Waals surface area contributed by atoms with E-state index >= 15 is 0 Å². The van der Waals surface area contributed by atoms with Gasteiger partial charge in [-0.25, -0.2) is 4.79 Å². The fourth-order valence-corrected chi connectivity index (χ4v) is 12.4. The Labute approximate surface area is 546 Å². The highest BCUT2D eigenvalue weighted by Gasteiger charge is 2.44. The van der Waals surface area contributed by atoms with Crippen molar-refractivity contribution < 1.29 is 105 Å². The largest absolute Gasteiger partial charge is 0.435 e. The molecule has 2 N–H and O–H groups in total. The summed E-state index contributed by atoms with van der Waals surface area (Å²) in [6.07, 6.45) is 7.73. The molecule has 2 aromatic rings. The second kappa shape index (κ2) is 41.4. The molecule has 26 nitrogen and oxygen atoms in total. The number of hydrogen-bond donors (Lipinski definition) is 2. The first-order valence-electron chi connectivity index (χ1n) is 30.5. The number of fused-ring (bicyclic) bond motifs is 2. The van der Waals surface area contributed by atoms with Gasteiger partial charge in [-0.1, -0.05) is 26.8 Å². The molecule has 0 bridgehead atoms. The normalized spacial score (nSPS) is 16.7. The van der Waals surface area contributed by atoms with Gasteiger partial charge in [-0.15, -0.1) is 5.06 Å². The molecule has 2 amide bonds. The van der Waals surface area contributed by atoms with E-state index in [2.05, 4.69) is 43.9 Å². The summed E-state index contributed by atoms with van der Waals surface area (Å²) in [4.78, 5) is 46.2. The van der Waals surface area contributed by atoms with E-state index < -0.39 is 70.3 Å². The second-order valence-electron chi connectivity index (χ2n) is 22.2. The van der Waals surface area contributed by atoms with Crippen molar-refractivity contribution in [2.75, 3.05) is 195 Å². The number of rotatable bonds is 49. The van der Waals surface area contributed by atoms with Gasteiger partial charge in [0.1, 0.15) is 26.9 Å². The van der Waals surface area contributed by atoms with Crippen LogP contribution in [0.4, 0.5) is 11.4 Å². The van der Waals surface area contributed by atoms with Crippen LogP contribution in [-0.2, 0) is 102 Å². The van der Waals surface area contributed by atoms with E-state index in [1.165, 1.54) is 18.2 Å². The molecule has 5 rings (SSSR count). The van der Waals surface area contributed by atoms with Crippen LogP contribution in [0.25, 0.3) is 5.57 Å². The third-order valence-corrected chi connectivity index (χ3v) is 17.9. The maximum atomic E-state index is 13.0. The fraction of sp³-hybridized carbons (Fsp3) is 0.645. The van der Waals surface area contributed by atoms with Gasteiger partial charge in [-0.3, -0.25) is 18.7 Å². The number of benzene rings is 2. The van der Waals surface area contributed by atoms with Crippen molar-refractivity contribution in [1.29, 1.82) is 0 Å². The van der Waals surface area contributed by atoms with Gasteiger partial charge >= 0.3 is 5.97 Å². The molecule has 0 aliphatic carbocycles. The number of allylic oxidation sites excluding steroid dienone is 6. The lowest BCUT2D eigenvalue weighted by Gasteiger charge is -2.30. The van der Waals surface area contributed by atoms with Crippen LogP contribution in [0.1, 0.15) is 77.3 Å². The van der Waals surface area contributed by atoms with Crippen LogP contribution in [0.2, 0.25) is 0 Å². The lowest BCUT2D eigenvalue weighted by molar-refractivity contribution is -0.197. The molecule has 3 aliphatic heterocycles. The first-order valence-corrected chi connectivity index (χ1v) is 35.5. The van der Waals surface area contributed by atoms with Crippen LogP contribution in [-0.4, -0.2) is 237 Å². The first kappa shape index (κ1) is 77.3. The molecule has 2 aromatic carbocycles. The zero-order chi connectivity index (χ0) is 66.0. The Morgan fingerprint density at radius 3 is 1.62 bits per heavy atom. The molecule has 0 aromatic heterocycles. The average Bonchev–Trinajstić information content (AvgIpc) is 1.59. The zero-order valence-electron chi connectivity index (χ0n) is 53.4. The Hall–Kier alpha value is -4.39. The number of halogens is 1. The van der Waals surface area contributed by atoms with Gasteiger partial charge in [-0.05, 0) is 91.3 Å². The molecule has 1 unspecified atom stereocenters. The predicted octanol–water partition coefficient (Wildman–Crippen LogP) is 6.35. The van der Waals surface area contributed by atoms with Gasteiger partial charge in [0, 0.05) is 90.7 Å². The molecule has 0 saturated carbocycles. The van der Waals surface area contributed by atoms with Crippen LogP contribution in [0.5, 0.6) is 5.75 Å². The number of ether oxygens (including phenoxy) is 12. The minimum atomic E-state index is -4.69. The van der Waals surface area contributed by atoms with Crippen LogP contribution < -0.4 is 12.9 Å². The predicted molar refractivity (Wildman–Crippen MR) is 348 cm³/mol. The lowest BCUT2D eigenvalue weighted by atomic mass is 9.77. The van der Waals surface area contributed by atoms with Crippen LogP contribution in [0, 0.1) is 5.41 Å². The number of carbonyl (C=O) groups is 3. The second-order valence-corrected chi connectivity index (χ2v) is 27.3. The Balaban J connectivity index is 1.29. The van der Waals surface area contributed by atoms with Crippen LogP contribution in [0.15, 0.2) is 71.3 Å². The molecule has 29 heteroatoms.